The second-order valence-corrected chi connectivity index (χ2v) is 4.49. The molecule has 2 N–H and O–H groups in total. The first-order valence-corrected chi connectivity index (χ1v) is 5.78. The summed E-state index contributed by atoms with van der Waals surface area (Å²) in [5.74, 6) is -1.09. The Balaban J connectivity index is 3.09. The van der Waals surface area contributed by atoms with Gasteiger partial charge >= 0.3 is 5.97 Å². The Labute approximate surface area is 106 Å². The van der Waals surface area contributed by atoms with Crippen LogP contribution in [0.2, 0.25) is 0 Å². The van der Waals surface area contributed by atoms with Gasteiger partial charge in [0.25, 0.3) is 0 Å². The fourth-order valence-corrected chi connectivity index (χ4v) is 1.38. The Bertz CT molecular complexity index is 444. The van der Waals surface area contributed by atoms with Gasteiger partial charge in [0, 0.05) is 6.07 Å². The molecule has 0 amide bonds. The molecule has 0 aliphatic rings. The van der Waals surface area contributed by atoms with E-state index in [0.29, 0.717) is 0 Å². The lowest BCUT2D eigenvalue weighted by atomic mass is 10.1. The molecule has 0 aliphatic carbocycles. The van der Waals surface area contributed by atoms with Gasteiger partial charge in [0.05, 0.1) is 23.5 Å². The molecule has 1 aromatic carbocycles. The molecule has 0 aromatic heterocycles. The van der Waals surface area contributed by atoms with Crippen LogP contribution < -0.4 is 10.5 Å². The molecule has 0 saturated heterocycles. The Hall–Kier alpha value is -1.78. The van der Waals surface area contributed by atoms with Crippen molar-refractivity contribution in [1.29, 1.82) is 0 Å². The lowest BCUT2D eigenvalue weighted by Gasteiger charge is -2.14. The third-order valence-electron chi connectivity index (χ3n) is 2.04. The molecule has 5 heteroatoms. The number of anilines is 1. The first-order chi connectivity index (χ1) is 8.31. The van der Waals surface area contributed by atoms with Gasteiger partial charge in [0.1, 0.15) is 5.75 Å². The van der Waals surface area contributed by atoms with Crippen LogP contribution in [0.3, 0.4) is 0 Å². The highest BCUT2D eigenvalue weighted by Gasteiger charge is 2.18. The monoisotopic (exact) mass is 255 g/mol. The molecule has 0 radical (unpaired) electrons. The topological polar surface area (TPSA) is 61.5 Å². The highest BCUT2D eigenvalue weighted by Crippen LogP contribution is 2.25. The van der Waals surface area contributed by atoms with Crippen LogP contribution in [-0.2, 0) is 4.74 Å². The summed E-state index contributed by atoms with van der Waals surface area (Å²) < 4.78 is 23.9. The van der Waals surface area contributed by atoms with Crippen molar-refractivity contribution in [2.24, 2.45) is 0 Å². The van der Waals surface area contributed by atoms with E-state index in [1.165, 1.54) is 6.07 Å². The van der Waals surface area contributed by atoms with Crippen molar-refractivity contribution in [3.63, 3.8) is 0 Å². The summed E-state index contributed by atoms with van der Waals surface area (Å²) in [4.78, 5) is 11.7. The van der Waals surface area contributed by atoms with Gasteiger partial charge in [-0.1, -0.05) is 0 Å². The number of rotatable bonds is 4. The molecule has 0 aliphatic heterocycles. The van der Waals surface area contributed by atoms with Crippen LogP contribution in [-0.4, -0.2) is 18.2 Å². The lowest BCUT2D eigenvalue weighted by molar-refractivity contribution is 0.0378. The van der Waals surface area contributed by atoms with Crippen molar-refractivity contribution in [1.82, 2.24) is 0 Å². The van der Waals surface area contributed by atoms with Crippen LogP contribution in [0.1, 0.15) is 38.1 Å². The van der Waals surface area contributed by atoms with Gasteiger partial charge in [-0.3, -0.25) is 0 Å². The van der Waals surface area contributed by atoms with Gasteiger partial charge < -0.3 is 15.2 Å². The molecule has 1 aromatic rings. The molecule has 0 fully saturated rings. The first kappa shape index (κ1) is 14.3. The number of ether oxygens (including phenoxy) is 2. The number of halogens is 1. The van der Waals surface area contributed by atoms with E-state index in [1.54, 1.807) is 27.7 Å². The van der Waals surface area contributed by atoms with Crippen molar-refractivity contribution < 1.29 is 18.7 Å². The minimum atomic E-state index is -0.691. The number of esters is 1. The van der Waals surface area contributed by atoms with Crippen molar-refractivity contribution in [3.05, 3.63) is 23.5 Å². The molecule has 0 saturated carbocycles. The van der Waals surface area contributed by atoms with Crippen molar-refractivity contribution in [2.75, 3.05) is 5.73 Å². The molecular weight excluding hydrogens is 237 g/mol. The summed E-state index contributed by atoms with van der Waals surface area (Å²) in [6, 6.07) is 2.55. The zero-order valence-corrected chi connectivity index (χ0v) is 11.0. The molecular formula is C13H18FNO3. The summed E-state index contributed by atoms with van der Waals surface area (Å²) in [5, 5.41) is 0. The molecule has 0 spiro atoms. The number of nitrogen functional groups attached to an aromatic ring is 1. The molecule has 18 heavy (non-hydrogen) atoms. The van der Waals surface area contributed by atoms with E-state index in [9.17, 15) is 9.18 Å². The van der Waals surface area contributed by atoms with Crippen molar-refractivity contribution in [3.8, 4) is 5.75 Å². The average Bonchev–Trinajstić information content (AvgIpc) is 2.21. The van der Waals surface area contributed by atoms with Gasteiger partial charge in [0.2, 0.25) is 0 Å². The van der Waals surface area contributed by atoms with Crippen molar-refractivity contribution >= 4 is 11.7 Å². The molecule has 0 unspecified atom stereocenters. The number of carbonyl (C=O) groups is 1. The third-order valence-corrected chi connectivity index (χ3v) is 2.04. The first-order valence-electron chi connectivity index (χ1n) is 5.78. The van der Waals surface area contributed by atoms with Gasteiger partial charge in [-0.15, -0.1) is 0 Å². The van der Waals surface area contributed by atoms with E-state index in [1.807, 2.05) is 0 Å². The summed E-state index contributed by atoms with van der Waals surface area (Å²) in [6.07, 6.45) is -0.420. The predicted octanol–water partition coefficient (Wildman–Crippen LogP) is 2.76. The smallest absolute Gasteiger partial charge is 0.340 e. The van der Waals surface area contributed by atoms with Crippen LogP contribution in [0, 0.1) is 5.82 Å². The minimum Gasteiger partial charge on any atom is -0.491 e. The third kappa shape index (κ3) is 3.61. The number of hydrogen-bond donors (Lipinski definition) is 1. The fraction of sp³-hybridized carbons (Fsp3) is 0.462. The maximum Gasteiger partial charge on any atom is 0.340 e. The summed E-state index contributed by atoms with van der Waals surface area (Å²) in [5.41, 5.74) is 5.29. The standard InChI is InChI=1S/C13H18FNO3/c1-7(2)17-9-5-10(12(15)11(14)6-9)13(16)18-8(3)4/h5-8H,15H2,1-4H3. The van der Waals surface area contributed by atoms with Crippen LogP contribution in [0.15, 0.2) is 12.1 Å². The molecule has 0 atom stereocenters. The number of carbonyl (C=O) groups excluding carboxylic acids is 1. The van der Waals surface area contributed by atoms with Gasteiger partial charge in [-0.2, -0.15) is 0 Å². The SMILES string of the molecule is CC(C)OC(=O)c1cc(OC(C)C)cc(F)c1N. The van der Waals surface area contributed by atoms with E-state index in [0.717, 1.165) is 6.07 Å². The Morgan fingerprint density at radius 2 is 1.83 bits per heavy atom. The quantitative estimate of drug-likeness (QED) is 0.663. The molecule has 1 rings (SSSR count). The van der Waals surface area contributed by atoms with Gasteiger partial charge in [0.15, 0.2) is 5.82 Å². The van der Waals surface area contributed by atoms with E-state index < -0.39 is 11.8 Å². The zero-order chi connectivity index (χ0) is 13.9. The average molecular weight is 255 g/mol. The van der Waals surface area contributed by atoms with Crippen LogP contribution >= 0.6 is 0 Å². The Morgan fingerprint density at radius 1 is 1.22 bits per heavy atom. The molecule has 0 heterocycles. The number of hydrogen-bond acceptors (Lipinski definition) is 4. The predicted molar refractivity (Wildman–Crippen MR) is 67.1 cm³/mol. The van der Waals surface area contributed by atoms with Crippen LogP contribution in [0.25, 0.3) is 0 Å². The molecule has 4 nitrogen and oxygen atoms in total. The van der Waals surface area contributed by atoms with Crippen LogP contribution in [0.5, 0.6) is 5.75 Å². The van der Waals surface area contributed by atoms with E-state index in [4.69, 9.17) is 15.2 Å². The fourth-order valence-electron chi connectivity index (χ4n) is 1.38. The van der Waals surface area contributed by atoms with E-state index >= 15 is 0 Å². The second-order valence-electron chi connectivity index (χ2n) is 4.49. The lowest BCUT2D eigenvalue weighted by Crippen LogP contribution is -2.15. The summed E-state index contributed by atoms with van der Waals surface area (Å²) in [6.45, 7) is 7.03. The van der Waals surface area contributed by atoms with E-state index in [2.05, 4.69) is 0 Å². The summed E-state index contributed by atoms with van der Waals surface area (Å²) >= 11 is 0. The van der Waals surface area contributed by atoms with Gasteiger partial charge in [-0.05, 0) is 33.8 Å². The highest BCUT2D eigenvalue weighted by atomic mass is 19.1. The Morgan fingerprint density at radius 3 is 2.33 bits per heavy atom. The van der Waals surface area contributed by atoms with Crippen LogP contribution in [0.4, 0.5) is 10.1 Å². The Kier molecular flexibility index (Phi) is 4.53. The maximum absolute atomic E-state index is 13.6. The highest BCUT2D eigenvalue weighted by molar-refractivity contribution is 5.95. The van der Waals surface area contributed by atoms with Crippen molar-refractivity contribution in [2.45, 2.75) is 39.9 Å². The minimum absolute atomic E-state index is 0.0145. The zero-order valence-electron chi connectivity index (χ0n) is 11.0. The molecule has 100 valence electrons. The van der Waals surface area contributed by atoms with E-state index in [-0.39, 0.29) is 29.2 Å². The maximum atomic E-state index is 13.6. The largest absolute Gasteiger partial charge is 0.491 e. The number of nitrogens with two attached hydrogens (primary N) is 1. The summed E-state index contributed by atoms with van der Waals surface area (Å²) in [7, 11) is 0. The van der Waals surface area contributed by atoms with Gasteiger partial charge in [-0.25, -0.2) is 9.18 Å². The second kappa shape index (κ2) is 5.71. The molecule has 0 bridgehead atoms. The number of benzene rings is 1. The normalized spacial score (nSPS) is 10.8.